The summed E-state index contributed by atoms with van der Waals surface area (Å²) in [6.45, 7) is 8.63. The third-order valence-corrected chi connectivity index (χ3v) is 4.04. The summed E-state index contributed by atoms with van der Waals surface area (Å²) in [7, 11) is 0. The molecule has 1 aliphatic rings. The van der Waals surface area contributed by atoms with Gasteiger partial charge in [-0.25, -0.2) is 0 Å². The number of piperidine rings is 1. The number of nitrogens with one attached hydrogen (secondary N) is 1. The van der Waals surface area contributed by atoms with Crippen LogP contribution in [0.25, 0.3) is 0 Å². The third-order valence-electron chi connectivity index (χ3n) is 4.04. The zero-order valence-corrected chi connectivity index (χ0v) is 14.1. The smallest absolute Gasteiger partial charge is 0.353 e. The van der Waals surface area contributed by atoms with E-state index >= 15 is 0 Å². The molecule has 23 heavy (non-hydrogen) atoms. The molecule has 0 bridgehead atoms. The van der Waals surface area contributed by atoms with Crippen molar-refractivity contribution >= 4 is 23.3 Å². The van der Waals surface area contributed by atoms with Crippen molar-refractivity contribution in [2.45, 2.75) is 40.0 Å². The van der Waals surface area contributed by atoms with Gasteiger partial charge in [-0.15, -0.1) is 0 Å². The fraction of sp³-hybridized carbons (Fsp3) is 0.733. The molecule has 128 valence electrons. The molecule has 1 saturated heterocycles. The van der Waals surface area contributed by atoms with Crippen molar-refractivity contribution < 1.29 is 4.92 Å². The van der Waals surface area contributed by atoms with Crippen LogP contribution in [0.3, 0.4) is 0 Å². The van der Waals surface area contributed by atoms with E-state index < -0.39 is 4.92 Å². The number of nitrogen functional groups attached to an aromatic ring is 1. The van der Waals surface area contributed by atoms with Gasteiger partial charge in [0, 0.05) is 19.6 Å². The van der Waals surface area contributed by atoms with Crippen LogP contribution in [0, 0.1) is 22.0 Å². The molecule has 1 fully saturated rings. The topological polar surface area (TPSA) is 110 Å². The second-order valence-electron chi connectivity index (χ2n) is 6.66. The number of nitrogens with zero attached hydrogens (tertiary/aromatic N) is 4. The minimum absolute atomic E-state index is 0.0785. The lowest BCUT2D eigenvalue weighted by molar-refractivity contribution is -0.383. The van der Waals surface area contributed by atoms with Crippen LogP contribution in [-0.2, 0) is 0 Å². The Kier molecular flexibility index (Phi) is 5.57. The van der Waals surface area contributed by atoms with Gasteiger partial charge in [-0.1, -0.05) is 20.8 Å². The monoisotopic (exact) mass is 322 g/mol. The molecule has 0 aromatic carbocycles. The van der Waals surface area contributed by atoms with E-state index in [1.165, 1.54) is 0 Å². The zero-order valence-electron chi connectivity index (χ0n) is 14.1. The largest absolute Gasteiger partial charge is 0.378 e. The first-order valence-corrected chi connectivity index (χ1v) is 8.19. The maximum Gasteiger partial charge on any atom is 0.353 e. The highest BCUT2D eigenvalue weighted by Gasteiger charge is 2.29. The van der Waals surface area contributed by atoms with Gasteiger partial charge in [0.05, 0.1) is 4.92 Å². The van der Waals surface area contributed by atoms with Crippen LogP contribution in [0.4, 0.5) is 23.3 Å². The van der Waals surface area contributed by atoms with Crippen LogP contribution in [0.5, 0.6) is 0 Å². The summed E-state index contributed by atoms with van der Waals surface area (Å²) in [5.41, 5.74) is 5.65. The van der Waals surface area contributed by atoms with E-state index in [1.807, 2.05) is 4.90 Å². The summed E-state index contributed by atoms with van der Waals surface area (Å²) in [5.74, 6) is 1.66. The van der Waals surface area contributed by atoms with Crippen molar-refractivity contribution in [3.05, 3.63) is 10.1 Å². The van der Waals surface area contributed by atoms with Gasteiger partial charge >= 0.3 is 5.69 Å². The van der Waals surface area contributed by atoms with Gasteiger partial charge in [0.15, 0.2) is 0 Å². The normalized spacial score (nSPS) is 18.3. The highest BCUT2D eigenvalue weighted by Crippen LogP contribution is 2.34. The fourth-order valence-electron chi connectivity index (χ4n) is 2.79. The van der Waals surface area contributed by atoms with E-state index in [1.54, 1.807) is 0 Å². The molecule has 2 heterocycles. The van der Waals surface area contributed by atoms with Crippen LogP contribution < -0.4 is 16.0 Å². The van der Waals surface area contributed by atoms with E-state index in [4.69, 9.17) is 5.73 Å². The molecule has 0 aliphatic carbocycles. The van der Waals surface area contributed by atoms with Gasteiger partial charge < -0.3 is 16.0 Å². The summed E-state index contributed by atoms with van der Waals surface area (Å²) in [5, 5.41) is 14.5. The molecule has 8 nitrogen and oxygen atoms in total. The first kappa shape index (κ1) is 17.2. The second-order valence-corrected chi connectivity index (χ2v) is 6.66. The maximum atomic E-state index is 11.4. The van der Waals surface area contributed by atoms with Gasteiger partial charge in [-0.2, -0.15) is 9.97 Å². The number of hydrogen-bond donors (Lipinski definition) is 2. The van der Waals surface area contributed by atoms with E-state index in [9.17, 15) is 10.1 Å². The van der Waals surface area contributed by atoms with Gasteiger partial charge in [0.25, 0.3) is 0 Å². The molecule has 1 aromatic rings. The highest BCUT2D eigenvalue weighted by molar-refractivity contribution is 5.71. The molecular formula is C15H26N6O2. The molecule has 1 aliphatic heterocycles. The van der Waals surface area contributed by atoms with Gasteiger partial charge in [-0.05, 0) is 31.1 Å². The first-order chi connectivity index (χ1) is 10.9. The number of aromatic nitrogens is 2. The third kappa shape index (κ3) is 4.43. The lowest BCUT2D eigenvalue weighted by Gasteiger charge is -2.31. The molecule has 0 spiro atoms. The van der Waals surface area contributed by atoms with Crippen LogP contribution in [0.2, 0.25) is 0 Å². The molecule has 0 amide bonds. The van der Waals surface area contributed by atoms with Crippen molar-refractivity contribution in [3.63, 3.8) is 0 Å². The number of rotatable bonds is 6. The Morgan fingerprint density at radius 2 is 2.22 bits per heavy atom. The standard InChI is InChI=1S/C15H26N6O2/c1-10(2)6-7-17-15-18-13(16)12(21(22)23)14(19-15)20-8-4-5-11(3)9-20/h10-11H,4-9H2,1-3H3,(H3,16,17,18,19)/t11-/m1/s1. The van der Waals surface area contributed by atoms with Crippen molar-refractivity contribution in [3.8, 4) is 0 Å². The number of nitro groups is 1. The van der Waals surface area contributed by atoms with E-state index in [-0.39, 0.29) is 11.5 Å². The second kappa shape index (κ2) is 7.43. The fourth-order valence-corrected chi connectivity index (χ4v) is 2.79. The molecule has 1 atom stereocenters. The van der Waals surface area contributed by atoms with E-state index in [0.29, 0.717) is 30.1 Å². The van der Waals surface area contributed by atoms with Gasteiger partial charge in [0.2, 0.25) is 17.6 Å². The van der Waals surface area contributed by atoms with Crippen LogP contribution in [-0.4, -0.2) is 34.5 Å². The number of hydrogen-bond acceptors (Lipinski definition) is 7. The van der Waals surface area contributed by atoms with Crippen molar-refractivity contribution in [2.75, 3.05) is 35.6 Å². The van der Waals surface area contributed by atoms with E-state index in [2.05, 4.69) is 36.1 Å². The molecule has 8 heteroatoms. The first-order valence-electron chi connectivity index (χ1n) is 8.19. The molecule has 0 radical (unpaired) electrons. The predicted octanol–water partition coefficient (Wildman–Crippen LogP) is 2.66. The molecule has 0 saturated carbocycles. The average Bonchev–Trinajstić information content (AvgIpc) is 2.45. The van der Waals surface area contributed by atoms with Crippen molar-refractivity contribution in [2.24, 2.45) is 11.8 Å². The minimum Gasteiger partial charge on any atom is -0.378 e. The summed E-state index contributed by atoms with van der Waals surface area (Å²) >= 11 is 0. The Morgan fingerprint density at radius 3 is 2.83 bits per heavy atom. The highest BCUT2D eigenvalue weighted by atomic mass is 16.6. The Hall–Kier alpha value is -2.12. The summed E-state index contributed by atoms with van der Waals surface area (Å²) in [6.07, 6.45) is 3.10. The Labute approximate surface area is 136 Å². The quantitative estimate of drug-likeness (QED) is 0.612. The predicted molar refractivity (Wildman–Crippen MR) is 91.7 cm³/mol. The SMILES string of the molecule is CC(C)CCNc1nc(N)c([N+](=O)[O-])c(N2CCC[C@@H](C)C2)n1. The summed E-state index contributed by atoms with van der Waals surface area (Å²) < 4.78 is 0. The lowest BCUT2D eigenvalue weighted by Crippen LogP contribution is -2.35. The average molecular weight is 322 g/mol. The van der Waals surface area contributed by atoms with Crippen molar-refractivity contribution in [1.29, 1.82) is 0 Å². The molecule has 3 N–H and O–H groups in total. The van der Waals surface area contributed by atoms with Gasteiger partial charge in [0.1, 0.15) is 0 Å². The number of anilines is 3. The minimum atomic E-state index is -0.484. The number of nitrogens with two attached hydrogens (primary N) is 1. The Bertz CT molecular complexity index is 563. The summed E-state index contributed by atoms with van der Waals surface area (Å²) in [6, 6.07) is 0. The van der Waals surface area contributed by atoms with Crippen LogP contribution in [0.1, 0.15) is 40.0 Å². The van der Waals surface area contributed by atoms with Gasteiger partial charge in [-0.3, -0.25) is 10.1 Å². The van der Waals surface area contributed by atoms with Crippen LogP contribution >= 0.6 is 0 Å². The van der Waals surface area contributed by atoms with E-state index in [0.717, 1.165) is 32.4 Å². The Balaban J connectivity index is 2.28. The maximum absolute atomic E-state index is 11.4. The molecule has 1 aromatic heterocycles. The molecule has 0 unspecified atom stereocenters. The summed E-state index contributed by atoms with van der Waals surface area (Å²) in [4.78, 5) is 21.3. The van der Waals surface area contributed by atoms with Crippen LogP contribution in [0.15, 0.2) is 0 Å². The molecular weight excluding hydrogens is 296 g/mol. The zero-order chi connectivity index (χ0) is 17.0. The van der Waals surface area contributed by atoms with Crippen molar-refractivity contribution in [1.82, 2.24) is 9.97 Å². The Morgan fingerprint density at radius 1 is 1.48 bits per heavy atom. The molecule has 2 rings (SSSR count). The lowest BCUT2D eigenvalue weighted by atomic mass is 10.0.